The van der Waals surface area contributed by atoms with Crippen molar-refractivity contribution in [1.82, 2.24) is 0 Å². The van der Waals surface area contributed by atoms with Crippen LogP contribution in [0.2, 0.25) is 0 Å². The van der Waals surface area contributed by atoms with Crippen molar-refractivity contribution in [1.29, 1.82) is 0 Å². The molecule has 2 aromatic rings. The average Bonchev–Trinajstić information content (AvgIpc) is 3.39. The molecule has 2 aromatic carbocycles. The van der Waals surface area contributed by atoms with E-state index in [0.29, 0.717) is 12.3 Å². The lowest BCUT2D eigenvalue weighted by atomic mass is 9.98. The number of hydrogen-bond donors (Lipinski definition) is 2. The third-order valence-electron chi connectivity index (χ3n) is 5.04. The first-order valence-electron chi connectivity index (χ1n) is 9.15. The molecule has 2 N–H and O–H groups in total. The Hall–Kier alpha value is -2.62. The molecular weight excluding hydrogens is 324 g/mol. The number of rotatable bonds is 5. The SMILES string of the molecule is Cc1ccccc1NC(=O)C1CC1C(=O)Nc1c(C)cccc1C(C)C. The van der Waals surface area contributed by atoms with Gasteiger partial charge in [0.05, 0.1) is 11.8 Å². The van der Waals surface area contributed by atoms with Crippen molar-refractivity contribution in [2.75, 3.05) is 10.6 Å². The number of carbonyl (C=O) groups excluding carboxylic acids is 2. The standard InChI is InChI=1S/C22H26N2O2/c1-13(2)16-10-7-9-15(4)20(16)24-22(26)18-12-17(18)21(25)23-19-11-6-5-8-14(19)3/h5-11,13,17-18H,12H2,1-4H3,(H,23,25)(H,24,26). The minimum absolute atomic E-state index is 0.0638. The summed E-state index contributed by atoms with van der Waals surface area (Å²) >= 11 is 0. The van der Waals surface area contributed by atoms with Crippen molar-refractivity contribution >= 4 is 23.2 Å². The Labute approximate surface area is 155 Å². The minimum atomic E-state index is -0.251. The van der Waals surface area contributed by atoms with Crippen LogP contribution in [0, 0.1) is 25.7 Å². The van der Waals surface area contributed by atoms with Crippen molar-refractivity contribution in [3.63, 3.8) is 0 Å². The highest BCUT2D eigenvalue weighted by Gasteiger charge is 2.48. The van der Waals surface area contributed by atoms with Gasteiger partial charge in [0.2, 0.25) is 11.8 Å². The maximum absolute atomic E-state index is 12.6. The van der Waals surface area contributed by atoms with Gasteiger partial charge in [0.25, 0.3) is 0 Å². The summed E-state index contributed by atoms with van der Waals surface area (Å²) in [7, 11) is 0. The fraction of sp³-hybridized carbons (Fsp3) is 0.364. The molecule has 3 rings (SSSR count). The molecule has 0 heterocycles. The zero-order valence-electron chi connectivity index (χ0n) is 15.8. The maximum atomic E-state index is 12.6. The van der Waals surface area contributed by atoms with E-state index in [1.54, 1.807) is 0 Å². The summed E-state index contributed by atoms with van der Waals surface area (Å²) in [5, 5.41) is 6.01. The minimum Gasteiger partial charge on any atom is -0.326 e. The molecule has 0 radical (unpaired) electrons. The van der Waals surface area contributed by atoms with E-state index in [1.807, 2.05) is 56.3 Å². The van der Waals surface area contributed by atoms with Gasteiger partial charge in [-0.1, -0.05) is 50.2 Å². The predicted molar refractivity (Wildman–Crippen MR) is 105 cm³/mol. The fourth-order valence-electron chi connectivity index (χ4n) is 3.27. The largest absolute Gasteiger partial charge is 0.326 e. The lowest BCUT2D eigenvalue weighted by molar-refractivity contribution is -0.122. The van der Waals surface area contributed by atoms with Crippen LogP contribution in [0.1, 0.15) is 42.9 Å². The third kappa shape index (κ3) is 3.79. The van der Waals surface area contributed by atoms with Crippen molar-refractivity contribution < 1.29 is 9.59 Å². The summed E-state index contributed by atoms with van der Waals surface area (Å²) in [6, 6.07) is 13.7. The van der Waals surface area contributed by atoms with E-state index in [4.69, 9.17) is 0 Å². The number of hydrogen-bond acceptors (Lipinski definition) is 2. The Morgan fingerprint density at radius 2 is 1.50 bits per heavy atom. The molecule has 2 atom stereocenters. The van der Waals surface area contributed by atoms with Crippen molar-refractivity contribution in [2.24, 2.45) is 11.8 Å². The van der Waals surface area contributed by atoms with Gasteiger partial charge in [-0.05, 0) is 48.9 Å². The van der Waals surface area contributed by atoms with Gasteiger partial charge in [-0.3, -0.25) is 9.59 Å². The van der Waals surface area contributed by atoms with E-state index in [2.05, 4.69) is 24.5 Å². The monoisotopic (exact) mass is 350 g/mol. The van der Waals surface area contributed by atoms with E-state index >= 15 is 0 Å². The van der Waals surface area contributed by atoms with Gasteiger partial charge >= 0.3 is 0 Å². The highest BCUT2D eigenvalue weighted by molar-refractivity contribution is 6.04. The Morgan fingerprint density at radius 3 is 2.15 bits per heavy atom. The first-order valence-corrected chi connectivity index (χ1v) is 9.15. The molecule has 1 aliphatic rings. The lowest BCUT2D eigenvalue weighted by Crippen LogP contribution is -2.21. The van der Waals surface area contributed by atoms with Crippen LogP contribution in [0.5, 0.6) is 0 Å². The number of para-hydroxylation sites is 2. The lowest BCUT2D eigenvalue weighted by Gasteiger charge is -2.16. The van der Waals surface area contributed by atoms with E-state index in [0.717, 1.165) is 28.1 Å². The Bertz CT molecular complexity index is 842. The maximum Gasteiger partial charge on any atom is 0.228 e. The second-order valence-electron chi connectivity index (χ2n) is 7.44. The van der Waals surface area contributed by atoms with Gasteiger partial charge in [0.1, 0.15) is 0 Å². The summed E-state index contributed by atoms with van der Waals surface area (Å²) in [4.78, 5) is 25.1. The Balaban J connectivity index is 1.65. The quantitative estimate of drug-likeness (QED) is 0.825. The summed E-state index contributed by atoms with van der Waals surface area (Å²) in [6.45, 7) is 8.18. The zero-order valence-corrected chi connectivity index (χ0v) is 15.8. The molecule has 26 heavy (non-hydrogen) atoms. The van der Waals surface area contributed by atoms with Crippen LogP contribution in [-0.2, 0) is 9.59 Å². The number of nitrogens with one attached hydrogen (secondary N) is 2. The fourth-order valence-corrected chi connectivity index (χ4v) is 3.27. The molecule has 2 unspecified atom stereocenters. The molecule has 0 bridgehead atoms. The molecule has 0 saturated heterocycles. The van der Waals surface area contributed by atoms with Crippen molar-refractivity contribution in [3.05, 3.63) is 59.2 Å². The molecule has 0 aliphatic heterocycles. The van der Waals surface area contributed by atoms with Crippen LogP contribution in [0.4, 0.5) is 11.4 Å². The molecule has 0 spiro atoms. The first kappa shape index (κ1) is 18.2. The number of benzene rings is 2. The number of aryl methyl sites for hydroxylation is 2. The molecule has 1 fully saturated rings. The normalized spacial score (nSPS) is 18.5. The van der Waals surface area contributed by atoms with Gasteiger partial charge in [0.15, 0.2) is 0 Å². The number of amides is 2. The molecule has 136 valence electrons. The van der Waals surface area contributed by atoms with Crippen molar-refractivity contribution in [2.45, 2.75) is 40.0 Å². The van der Waals surface area contributed by atoms with Gasteiger partial charge in [-0.25, -0.2) is 0 Å². The highest BCUT2D eigenvalue weighted by atomic mass is 16.2. The molecule has 1 saturated carbocycles. The van der Waals surface area contributed by atoms with Crippen LogP contribution in [0.3, 0.4) is 0 Å². The molecule has 4 nitrogen and oxygen atoms in total. The van der Waals surface area contributed by atoms with Crippen LogP contribution in [0.25, 0.3) is 0 Å². The van der Waals surface area contributed by atoms with E-state index in [1.165, 1.54) is 0 Å². The average molecular weight is 350 g/mol. The molecule has 2 amide bonds. The first-order chi connectivity index (χ1) is 12.4. The van der Waals surface area contributed by atoms with Crippen molar-refractivity contribution in [3.8, 4) is 0 Å². The third-order valence-corrected chi connectivity index (χ3v) is 5.04. The summed E-state index contributed by atoms with van der Waals surface area (Å²) < 4.78 is 0. The molecule has 1 aliphatic carbocycles. The molecule has 4 heteroatoms. The van der Waals surface area contributed by atoms with Gasteiger partial charge in [-0.15, -0.1) is 0 Å². The molecule has 0 aromatic heterocycles. The zero-order chi connectivity index (χ0) is 18.8. The second-order valence-corrected chi connectivity index (χ2v) is 7.44. The Morgan fingerprint density at radius 1 is 0.885 bits per heavy atom. The van der Waals surface area contributed by atoms with Gasteiger partial charge < -0.3 is 10.6 Å². The summed E-state index contributed by atoms with van der Waals surface area (Å²) in [5.41, 5.74) is 4.89. The van der Waals surface area contributed by atoms with Crippen LogP contribution >= 0.6 is 0 Å². The van der Waals surface area contributed by atoms with Crippen LogP contribution < -0.4 is 10.6 Å². The number of carbonyl (C=O) groups is 2. The smallest absolute Gasteiger partial charge is 0.228 e. The highest BCUT2D eigenvalue weighted by Crippen LogP contribution is 2.41. The van der Waals surface area contributed by atoms with E-state index in [9.17, 15) is 9.59 Å². The van der Waals surface area contributed by atoms with Gasteiger partial charge in [-0.2, -0.15) is 0 Å². The van der Waals surface area contributed by atoms with Crippen LogP contribution in [0.15, 0.2) is 42.5 Å². The summed E-state index contributed by atoms with van der Waals surface area (Å²) in [5.74, 6) is -0.316. The Kier molecular flexibility index (Phi) is 5.12. The van der Waals surface area contributed by atoms with Crippen LogP contribution in [-0.4, -0.2) is 11.8 Å². The van der Waals surface area contributed by atoms with E-state index < -0.39 is 0 Å². The summed E-state index contributed by atoms with van der Waals surface area (Å²) in [6.07, 6.45) is 0.604. The topological polar surface area (TPSA) is 58.2 Å². The molecular formula is C22H26N2O2. The van der Waals surface area contributed by atoms with Gasteiger partial charge in [0, 0.05) is 11.4 Å². The van der Waals surface area contributed by atoms with E-state index in [-0.39, 0.29) is 23.7 Å². The second kappa shape index (κ2) is 7.32. The predicted octanol–water partition coefficient (Wildman–Crippen LogP) is 4.64. The number of anilines is 2.